The van der Waals surface area contributed by atoms with Crippen LogP contribution in [0.4, 0.5) is 0 Å². The molecule has 0 unspecified atom stereocenters. The fraction of sp³-hybridized carbons (Fsp3) is 0.400. The van der Waals surface area contributed by atoms with Crippen LogP contribution in [0.2, 0.25) is 10.0 Å². The van der Waals surface area contributed by atoms with Gasteiger partial charge in [0.2, 0.25) is 10.0 Å². The molecule has 4 nitrogen and oxygen atoms in total. The zero-order valence-corrected chi connectivity index (χ0v) is 11.1. The summed E-state index contributed by atoms with van der Waals surface area (Å²) in [6, 6.07) is 4.21. The van der Waals surface area contributed by atoms with Gasteiger partial charge in [-0.1, -0.05) is 29.3 Å². The maximum Gasteiger partial charge on any atom is 0.242 e. The topological polar surface area (TPSA) is 66.4 Å². The predicted octanol–water partition coefficient (Wildman–Crippen LogP) is 1.79. The summed E-state index contributed by atoms with van der Waals surface area (Å²) in [4.78, 5) is -0.0342. The molecule has 17 heavy (non-hydrogen) atoms. The summed E-state index contributed by atoms with van der Waals surface area (Å²) in [6.07, 6.45) is 0.437. The molecule has 1 saturated carbocycles. The second kappa shape index (κ2) is 4.74. The monoisotopic (exact) mass is 295 g/mol. The van der Waals surface area contributed by atoms with E-state index in [-0.39, 0.29) is 21.0 Å². The molecule has 0 bridgehead atoms. The second-order valence-electron chi connectivity index (χ2n) is 4.00. The summed E-state index contributed by atoms with van der Waals surface area (Å²) in [5.41, 5.74) is 0. The Morgan fingerprint density at radius 1 is 1.29 bits per heavy atom. The van der Waals surface area contributed by atoms with Crippen LogP contribution in [0.5, 0.6) is 0 Å². The maximum atomic E-state index is 12.0. The van der Waals surface area contributed by atoms with Crippen molar-refractivity contribution in [2.75, 3.05) is 0 Å². The second-order valence-corrected chi connectivity index (χ2v) is 6.46. The number of benzene rings is 1. The lowest BCUT2D eigenvalue weighted by atomic mass is 9.91. The van der Waals surface area contributed by atoms with E-state index in [1.807, 2.05) is 0 Å². The van der Waals surface area contributed by atoms with Crippen LogP contribution in [0.1, 0.15) is 12.8 Å². The maximum absolute atomic E-state index is 12.0. The third-order valence-electron chi connectivity index (χ3n) is 2.64. The van der Waals surface area contributed by atoms with E-state index in [1.165, 1.54) is 18.2 Å². The number of hydrogen-bond donors (Lipinski definition) is 2. The molecule has 0 spiro atoms. The molecule has 7 heteroatoms. The minimum absolute atomic E-state index is 0.0153. The highest BCUT2D eigenvalue weighted by Gasteiger charge is 2.32. The van der Waals surface area contributed by atoms with Crippen LogP contribution in [-0.2, 0) is 10.0 Å². The zero-order chi connectivity index (χ0) is 12.6. The first-order valence-corrected chi connectivity index (χ1v) is 7.28. The van der Waals surface area contributed by atoms with Crippen molar-refractivity contribution in [2.24, 2.45) is 0 Å². The molecule has 1 aromatic carbocycles. The molecule has 2 rings (SSSR count). The number of halogens is 2. The fourth-order valence-electron chi connectivity index (χ4n) is 1.66. The molecule has 1 aliphatic rings. The van der Waals surface area contributed by atoms with Crippen molar-refractivity contribution in [3.63, 3.8) is 0 Å². The summed E-state index contributed by atoms with van der Waals surface area (Å²) < 4.78 is 26.4. The van der Waals surface area contributed by atoms with Gasteiger partial charge in [-0.2, -0.15) is 0 Å². The Kier molecular flexibility index (Phi) is 3.66. The first-order valence-electron chi connectivity index (χ1n) is 5.04. The van der Waals surface area contributed by atoms with Crippen LogP contribution in [0.3, 0.4) is 0 Å². The average molecular weight is 296 g/mol. The Balaban J connectivity index is 2.23. The minimum atomic E-state index is -3.67. The molecule has 0 saturated heterocycles. The van der Waals surface area contributed by atoms with Crippen molar-refractivity contribution in [1.82, 2.24) is 4.72 Å². The Bertz CT molecular complexity index is 526. The van der Waals surface area contributed by atoms with E-state index in [9.17, 15) is 8.42 Å². The van der Waals surface area contributed by atoms with Crippen molar-refractivity contribution in [2.45, 2.75) is 29.9 Å². The van der Waals surface area contributed by atoms with Gasteiger partial charge in [0.25, 0.3) is 0 Å². The van der Waals surface area contributed by atoms with Gasteiger partial charge in [-0.25, -0.2) is 13.1 Å². The van der Waals surface area contributed by atoms with Crippen LogP contribution in [0.15, 0.2) is 23.1 Å². The van der Waals surface area contributed by atoms with Crippen LogP contribution in [-0.4, -0.2) is 25.7 Å². The van der Waals surface area contributed by atoms with Crippen LogP contribution < -0.4 is 4.72 Å². The summed E-state index contributed by atoms with van der Waals surface area (Å²) in [7, 11) is -3.67. The van der Waals surface area contributed by atoms with Gasteiger partial charge in [-0.3, -0.25) is 0 Å². The molecule has 0 radical (unpaired) electrons. The molecule has 0 aliphatic heterocycles. The quantitative estimate of drug-likeness (QED) is 0.893. The van der Waals surface area contributed by atoms with Crippen molar-refractivity contribution in [3.8, 4) is 0 Å². The fourth-order valence-corrected chi connectivity index (χ4v) is 3.68. The third-order valence-corrected chi connectivity index (χ3v) is 5.13. The summed E-state index contributed by atoms with van der Waals surface area (Å²) in [5.74, 6) is 0. The summed E-state index contributed by atoms with van der Waals surface area (Å²) >= 11 is 11.6. The number of aliphatic hydroxyl groups excluding tert-OH is 1. The molecule has 0 heterocycles. The largest absolute Gasteiger partial charge is 0.393 e. The smallest absolute Gasteiger partial charge is 0.242 e. The molecule has 1 fully saturated rings. The molecule has 0 atom stereocenters. The van der Waals surface area contributed by atoms with Crippen LogP contribution in [0, 0.1) is 0 Å². The number of nitrogens with one attached hydrogen (secondary N) is 1. The third kappa shape index (κ3) is 2.74. The van der Waals surface area contributed by atoms with Gasteiger partial charge in [0, 0.05) is 6.04 Å². The molecule has 0 amide bonds. The predicted molar refractivity (Wildman–Crippen MR) is 65.8 cm³/mol. The van der Waals surface area contributed by atoms with E-state index in [1.54, 1.807) is 0 Å². The van der Waals surface area contributed by atoms with Crippen molar-refractivity contribution in [3.05, 3.63) is 28.2 Å². The van der Waals surface area contributed by atoms with E-state index < -0.39 is 16.1 Å². The lowest BCUT2D eigenvalue weighted by Crippen LogP contribution is -2.46. The van der Waals surface area contributed by atoms with E-state index in [0.717, 1.165) is 0 Å². The first-order chi connectivity index (χ1) is 7.90. The number of aliphatic hydroxyl groups is 1. The molecule has 2 N–H and O–H groups in total. The molecule has 0 aromatic heterocycles. The molecular weight excluding hydrogens is 285 g/mol. The Morgan fingerprint density at radius 2 is 1.94 bits per heavy atom. The highest BCUT2D eigenvalue weighted by Crippen LogP contribution is 2.30. The Morgan fingerprint density at radius 3 is 2.53 bits per heavy atom. The molecule has 94 valence electrons. The highest BCUT2D eigenvalue weighted by atomic mass is 35.5. The van der Waals surface area contributed by atoms with Crippen molar-refractivity contribution in [1.29, 1.82) is 0 Å². The van der Waals surface area contributed by atoms with Gasteiger partial charge in [-0.05, 0) is 25.0 Å². The van der Waals surface area contributed by atoms with E-state index in [0.29, 0.717) is 12.8 Å². The average Bonchev–Trinajstić information content (AvgIpc) is 2.19. The normalized spacial score (nSPS) is 24.4. The van der Waals surface area contributed by atoms with Gasteiger partial charge in [0.15, 0.2) is 0 Å². The summed E-state index contributed by atoms with van der Waals surface area (Å²) in [6.45, 7) is 0. The first kappa shape index (κ1) is 13.1. The number of rotatable bonds is 3. The molecular formula is C10H11Cl2NO3S. The Hall–Kier alpha value is -0.330. The minimum Gasteiger partial charge on any atom is -0.393 e. The Labute approximate surface area is 110 Å². The van der Waals surface area contributed by atoms with Gasteiger partial charge in [0.05, 0.1) is 16.1 Å². The standard InChI is InChI=1S/C10H11Cl2NO3S/c11-8-2-1-3-9(10(8)12)17(15,16)13-6-4-7(14)5-6/h1-3,6-7,13-14H,4-5H2. The van der Waals surface area contributed by atoms with Gasteiger partial charge < -0.3 is 5.11 Å². The van der Waals surface area contributed by atoms with Crippen molar-refractivity contribution < 1.29 is 13.5 Å². The SMILES string of the molecule is O=S(=O)(NC1CC(O)C1)c1cccc(Cl)c1Cl. The molecule has 1 aromatic rings. The number of sulfonamides is 1. The van der Waals surface area contributed by atoms with E-state index in [2.05, 4.69) is 4.72 Å². The van der Waals surface area contributed by atoms with Crippen LogP contribution >= 0.6 is 23.2 Å². The van der Waals surface area contributed by atoms with Crippen molar-refractivity contribution >= 4 is 33.2 Å². The van der Waals surface area contributed by atoms with Crippen LogP contribution in [0.25, 0.3) is 0 Å². The highest BCUT2D eigenvalue weighted by molar-refractivity contribution is 7.89. The summed E-state index contributed by atoms with van der Waals surface area (Å²) in [5, 5.41) is 9.32. The van der Waals surface area contributed by atoms with Gasteiger partial charge in [0.1, 0.15) is 4.90 Å². The van der Waals surface area contributed by atoms with E-state index in [4.69, 9.17) is 28.3 Å². The van der Waals surface area contributed by atoms with Gasteiger partial charge in [-0.15, -0.1) is 0 Å². The number of hydrogen-bond acceptors (Lipinski definition) is 3. The molecule has 1 aliphatic carbocycles. The lowest BCUT2D eigenvalue weighted by Gasteiger charge is -2.31. The lowest BCUT2D eigenvalue weighted by molar-refractivity contribution is 0.0712. The van der Waals surface area contributed by atoms with Gasteiger partial charge >= 0.3 is 0 Å². The zero-order valence-electron chi connectivity index (χ0n) is 8.73. The van der Waals surface area contributed by atoms with E-state index >= 15 is 0 Å².